The van der Waals surface area contributed by atoms with Gasteiger partial charge in [-0.15, -0.1) is 0 Å². The molecule has 7 nitrogen and oxygen atoms in total. The number of nitrogens with zero attached hydrogens (tertiary/aromatic N) is 1. The number of para-hydroxylation sites is 1. The van der Waals surface area contributed by atoms with Crippen molar-refractivity contribution < 1.29 is 37.3 Å². The van der Waals surface area contributed by atoms with Crippen LogP contribution in [0.5, 0.6) is 11.5 Å². The largest absolute Gasteiger partial charge is 0.497 e. The third kappa shape index (κ3) is 6.54. The molecule has 36 heavy (non-hydrogen) atoms. The first-order valence-corrected chi connectivity index (χ1v) is 10.9. The van der Waals surface area contributed by atoms with Crippen molar-refractivity contribution >= 4 is 11.9 Å². The molecule has 190 valence electrons. The lowest BCUT2D eigenvalue weighted by Gasteiger charge is -2.47. The summed E-state index contributed by atoms with van der Waals surface area (Å²) in [5, 5.41) is 7.12. The molecule has 1 saturated heterocycles. The summed E-state index contributed by atoms with van der Waals surface area (Å²) < 4.78 is 43.1. The first kappa shape index (κ1) is 26.6. The first-order chi connectivity index (χ1) is 17.1. The molecule has 1 fully saturated rings. The molecule has 1 aliphatic heterocycles. The minimum Gasteiger partial charge on any atom is -0.497 e. The molecule has 0 spiro atoms. The van der Waals surface area contributed by atoms with E-state index >= 15 is 0 Å². The van der Waals surface area contributed by atoms with Gasteiger partial charge in [0, 0.05) is 13.1 Å². The molecule has 0 bridgehead atoms. The minimum absolute atomic E-state index is 0.0161. The standard InChI is InChI=1S/C24H24N2O3.C2HF3O2/c1-28-20-13-11-19(12-14-20)22-23(29-21-5-3-2-4-6-21)24(27)26(22)16-18-9-7-17(15-25)8-10-18;3-2(4,5)1(6)7/h2-14,22-23H,15-16,25H2,1H3;(H,6,7)/t22-,23+;/m1./s1. The molecule has 0 saturated carbocycles. The Kier molecular flexibility index (Phi) is 8.55. The Hall–Kier alpha value is -4.05. The highest BCUT2D eigenvalue weighted by molar-refractivity contribution is 5.89. The number of benzene rings is 3. The van der Waals surface area contributed by atoms with Gasteiger partial charge in [0.05, 0.1) is 7.11 Å². The number of alkyl halides is 3. The average molecular weight is 502 g/mol. The van der Waals surface area contributed by atoms with Crippen molar-refractivity contribution in [1.82, 2.24) is 4.90 Å². The van der Waals surface area contributed by atoms with Crippen LogP contribution >= 0.6 is 0 Å². The van der Waals surface area contributed by atoms with Crippen molar-refractivity contribution in [3.63, 3.8) is 0 Å². The summed E-state index contributed by atoms with van der Waals surface area (Å²) in [5.41, 5.74) is 8.83. The summed E-state index contributed by atoms with van der Waals surface area (Å²) in [6, 6.07) is 25.1. The number of amides is 1. The molecular formula is C26H25F3N2O5. The van der Waals surface area contributed by atoms with E-state index in [1.54, 1.807) is 7.11 Å². The topological polar surface area (TPSA) is 102 Å². The van der Waals surface area contributed by atoms with Crippen molar-refractivity contribution in [3.8, 4) is 11.5 Å². The van der Waals surface area contributed by atoms with Gasteiger partial charge < -0.3 is 25.2 Å². The van der Waals surface area contributed by atoms with E-state index in [0.29, 0.717) is 18.8 Å². The third-order valence-corrected chi connectivity index (χ3v) is 5.47. The number of aliphatic carboxylic acids is 1. The number of methoxy groups -OCH3 is 1. The van der Waals surface area contributed by atoms with Crippen LogP contribution in [0.3, 0.4) is 0 Å². The molecule has 0 aromatic heterocycles. The number of β-lactam (4-membered cyclic amide) rings is 1. The number of carbonyl (C=O) groups excluding carboxylic acids is 1. The number of carboxylic acids is 1. The van der Waals surface area contributed by atoms with Crippen molar-refractivity contribution in [2.45, 2.75) is 31.4 Å². The van der Waals surface area contributed by atoms with E-state index in [0.717, 1.165) is 22.4 Å². The predicted molar refractivity (Wildman–Crippen MR) is 125 cm³/mol. The maximum atomic E-state index is 13.0. The van der Waals surface area contributed by atoms with Gasteiger partial charge in [0.1, 0.15) is 17.5 Å². The summed E-state index contributed by atoms with van der Waals surface area (Å²) in [6.07, 6.45) is -5.63. The molecule has 1 amide bonds. The number of hydrogen-bond acceptors (Lipinski definition) is 5. The lowest BCUT2D eigenvalue weighted by Crippen LogP contribution is -2.60. The van der Waals surface area contributed by atoms with Crippen LogP contribution in [-0.2, 0) is 22.7 Å². The second kappa shape index (κ2) is 11.6. The van der Waals surface area contributed by atoms with Gasteiger partial charge in [-0.3, -0.25) is 4.79 Å². The Morgan fingerprint density at radius 1 is 0.944 bits per heavy atom. The van der Waals surface area contributed by atoms with Gasteiger partial charge >= 0.3 is 12.1 Å². The maximum Gasteiger partial charge on any atom is 0.490 e. The molecule has 0 radical (unpaired) electrons. The fourth-order valence-electron chi connectivity index (χ4n) is 3.59. The van der Waals surface area contributed by atoms with Crippen molar-refractivity contribution in [2.24, 2.45) is 5.73 Å². The molecule has 0 unspecified atom stereocenters. The number of likely N-dealkylation sites (tertiary alicyclic amines) is 1. The normalized spacial score (nSPS) is 16.9. The number of rotatable bonds is 7. The van der Waals surface area contributed by atoms with E-state index in [2.05, 4.69) is 0 Å². The zero-order valence-electron chi connectivity index (χ0n) is 19.3. The molecule has 1 heterocycles. The van der Waals surface area contributed by atoms with E-state index in [9.17, 15) is 18.0 Å². The predicted octanol–water partition coefficient (Wildman–Crippen LogP) is 4.32. The van der Waals surface area contributed by atoms with E-state index in [1.165, 1.54) is 0 Å². The second-order valence-electron chi connectivity index (χ2n) is 7.86. The van der Waals surface area contributed by atoms with Gasteiger partial charge in [0.15, 0.2) is 0 Å². The second-order valence-corrected chi connectivity index (χ2v) is 7.86. The SMILES string of the molecule is COc1ccc([C@@H]2[C@H](Oc3ccccc3)C(=O)N2Cc2ccc(CN)cc2)cc1.O=C(O)C(F)(F)F. The van der Waals surface area contributed by atoms with Crippen LogP contribution in [0.15, 0.2) is 78.9 Å². The van der Waals surface area contributed by atoms with Crippen LogP contribution in [0.1, 0.15) is 22.7 Å². The molecule has 0 aliphatic carbocycles. The molecule has 1 aliphatic rings. The van der Waals surface area contributed by atoms with Gasteiger partial charge in [-0.2, -0.15) is 13.2 Å². The molecular weight excluding hydrogens is 477 g/mol. The van der Waals surface area contributed by atoms with Gasteiger partial charge in [-0.1, -0.05) is 54.6 Å². The monoisotopic (exact) mass is 502 g/mol. The Morgan fingerprint density at radius 2 is 1.50 bits per heavy atom. The van der Waals surface area contributed by atoms with Crippen LogP contribution in [0, 0.1) is 0 Å². The van der Waals surface area contributed by atoms with E-state index in [-0.39, 0.29) is 11.9 Å². The third-order valence-electron chi connectivity index (χ3n) is 5.47. The Bertz CT molecular complexity index is 1150. The van der Waals surface area contributed by atoms with Gasteiger partial charge in [0.2, 0.25) is 6.10 Å². The van der Waals surface area contributed by atoms with E-state index < -0.39 is 18.2 Å². The average Bonchev–Trinajstić information content (AvgIpc) is 2.88. The zero-order valence-corrected chi connectivity index (χ0v) is 19.3. The van der Waals surface area contributed by atoms with Crippen LogP contribution in [0.4, 0.5) is 13.2 Å². The van der Waals surface area contributed by atoms with Crippen molar-refractivity contribution in [1.29, 1.82) is 0 Å². The number of carbonyl (C=O) groups is 2. The van der Waals surface area contributed by atoms with Crippen LogP contribution < -0.4 is 15.2 Å². The number of ether oxygens (including phenoxy) is 2. The molecule has 3 N–H and O–H groups in total. The van der Waals surface area contributed by atoms with Crippen LogP contribution in [0.25, 0.3) is 0 Å². The molecule has 10 heteroatoms. The summed E-state index contributed by atoms with van der Waals surface area (Å²) >= 11 is 0. The smallest absolute Gasteiger partial charge is 0.490 e. The highest BCUT2D eigenvalue weighted by Gasteiger charge is 2.50. The Morgan fingerprint density at radius 3 is 2.00 bits per heavy atom. The number of halogens is 3. The quantitative estimate of drug-likeness (QED) is 0.467. The number of carboxylic acid groups (broad SMARTS) is 1. The summed E-state index contributed by atoms with van der Waals surface area (Å²) in [5.74, 6) is -1.30. The Balaban J connectivity index is 0.000000454. The van der Waals surface area contributed by atoms with Gasteiger partial charge in [-0.25, -0.2) is 4.79 Å². The van der Waals surface area contributed by atoms with E-state index in [1.807, 2.05) is 83.8 Å². The van der Waals surface area contributed by atoms with Gasteiger partial charge in [-0.05, 0) is 41.0 Å². The lowest BCUT2D eigenvalue weighted by atomic mass is 9.89. The van der Waals surface area contributed by atoms with Gasteiger partial charge in [0.25, 0.3) is 5.91 Å². The number of hydrogen-bond donors (Lipinski definition) is 2. The zero-order chi connectivity index (χ0) is 26.3. The number of nitrogens with two attached hydrogens (primary N) is 1. The molecule has 2 atom stereocenters. The molecule has 3 aromatic carbocycles. The summed E-state index contributed by atoms with van der Waals surface area (Å²) in [7, 11) is 1.64. The highest BCUT2D eigenvalue weighted by Crippen LogP contribution is 2.39. The van der Waals surface area contributed by atoms with Crippen LogP contribution in [0.2, 0.25) is 0 Å². The minimum atomic E-state index is -5.08. The van der Waals surface area contributed by atoms with Crippen molar-refractivity contribution in [3.05, 3.63) is 95.6 Å². The fourth-order valence-corrected chi connectivity index (χ4v) is 3.59. The highest BCUT2D eigenvalue weighted by atomic mass is 19.4. The summed E-state index contributed by atoms with van der Waals surface area (Å²) in [4.78, 5) is 23.7. The van der Waals surface area contributed by atoms with Crippen LogP contribution in [-0.4, -0.2) is 41.3 Å². The first-order valence-electron chi connectivity index (χ1n) is 10.9. The molecule has 3 aromatic rings. The fraction of sp³-hybridized carbons (Fsp3) is 0.231. The van der Waals surface area contributed by atoms with E-state index in [4.69, 9.17) is 25.1 Å². The molecule has 4 rings (SSSR count). The Labute approximate surface area is 205 Å². The maximum absolute atomic E-state index is 13.0. The lowest BCUT2D eigenvalue weighted by molar-refractivity contribution is -0.192. The van der Waals surface area contributed by atoms with Crippen molar-refractivity contribution in [2.75, 3.05) is 7.11 Å². The summed E-state index contributed by atoms with van der Waals surface area (Å²) in [6.45, 7) is 1.03.